The van der Waals surface area contributed by atoms with Gasteiger partial charge in [0, 0.05) is 29.5 Å². The lowest BCUT2D eigenvalue weighted by Gasteiger charge is -2.31. The van der Waals surface area contributed by atoms with Gasteiger partial charge in [-0.3, -0.25) is 0 Å². The predicted molar refractivity (Wildman–Crippen MR) is 74.0 cm³/mol. The first-order valence-electron chi connectivity index (χ1n) is 6.01. The number of halogens is 1. The van der Waals surface area contributed by atoms with E-state index in [1.165, 1.54) is 0 Å². The van der Waals surface area contributed by atoms with Gasteiger partial charge in [-0.25, -0.2) is 4.39 Å². The Balaban J connectivity index is 2.30. The molecule has 2 heteroatoms. The van der Waals surface area contributed by atoms with Gasteiger partial charge in [0.25, 0.3) is 0 Å². The Labute approximate surface area is 106 Å². The summed E-state index contributed by atoms with van der Waals surface area (Å²) in [7, 11) is 2.05. The number of hydrogen-bond donors (Lipinski definition) is 0. The summed E-state index contributed by atoms with van der Waals surface area (Å²) in [6, 6.07) is 16.2. The van der Waals surface area contributed by atoms with Gasteiger partial charge in [0.1, 0.15) is 6.67 Å². The summed E-state index contributed by atoms with van der Waals surface area (Å²) >= 11 is 0. The fourth-order valence-electron chi connectivity index (χ4n) is 2.56. The van der Waals surface area contributed by atoms with Crippen LogP contribution < -0.4 is 4.90 Å². The number of hydrogen-bond acceptors (Lipinski definition) is 1. The molecule has 18 heavy (non-hydrogen) atoms. The van der Waals surface area contributed by atoms with Crippen molar-refractivity contribution in [1.29, 1.82) is 0 Å². The minimum Gasteiger partial charge on any atom is -0.344 e. The maximum atomic E-state index is 12.8. The van der Waals surface area contributed by atoms with E-state index in [-0.39, 0.29) is 0 Å². The average Bonchev–Trinajstić information content (AvgIpc) is 2.43. The molecule has 1 aliphatic rings. The van der Waals surface area contributed by atoms with Crippen molar-refractivity contribution >= 4 is 16.9 Å². The molecule has 0 atom stereocenters. The third-order valence-corrected chi connectivity index (χ3v) is 3.39. The van der Waals surface area contributed by atoms with Crippen LogP contribution in [-0.4, -0.2) is 13.7 Å². The van der Waals surface area contributed by atoms with Crippen molar-refractivity contribution in [2.24, 2.45) is 0 Å². The summed E-state index contributed by atoms with van der Waals surface area (Å²) < 4.78 is 12.8. The van der Waals surface area contributed by atoms with E-state index in [4.69, 9.17) is 0 Å². The quantitative estimate of drug-likeness (QED) is 0.722. The third-order valence-electron chi connectivity index (χ3n) is 3.39. The maximum Gasteiger partial charge on any atom is 0.109 e. The lowest BCUT2D eigenvalue weighted by atomic mass is 9.90. The largest absolute Gasteiger partial charge is 0.344 e. The van der Waals surface area contributed by atoms with Gasteiger partial charge in [0.15, 0.2) is 0 Å². The molecular weight excluding hydrogens is 225 g/mol. The van der Waals surface area contributed by atoms with E-state index in [0.29, 0.717) is 0 Å². The average molecular weight is 239 g/mol. The van der Waals surface area contributed by atoms with E-state index in [1.807, 2.05) is 43.4 Å². The zero-order chi connectivity index (χ0) is 12.5. The van der Waals surface area contributed by atoms with Crippen LogP contribution in [0.3, 0.4) is 0 Å². The molecule has 0 bridgehead atoms. The van der Waals surface area contributed by atoms with Gasteiger partial charge >= 0.3 is 0 Å². The van der Waals surface area contributed by atoms with Crippen molar-refractivity contribution in [3.63, 3.8) is 0 Å². The number of allylic oxidation sites excluding steroid dienone is 1. The second-order valence-corrected chi connectivity index (χ2v) is 4.37. The van der Waals surface area contributed by atoms with Gasteiger partial charge in [0.05, 0.1) is 0 Å². The lowest BCUT2D eigenvalue weighted by Crippen LogP contribution is -2.17. The van der Waals surface area contributed by atoms with Crippen molar-refractivity contribution in [1.82, 2.24) is 0 Å². The fourth-order valence-corrected chi connectivity index (χ4v) is 2.56. The van der Waals surface area contributed by atoms with Crippen molar-refractivity contribution in [2.45, 2.75) is 0 Å². The first-order valence-corrected chi connectivity index (χ1v) is 6.01. The van der Waals surface area contributed by atoms with Crippen LogP contribution in [0, 0.1) is 0 Å². The Morgan fingerprint density at radius 2 is 1.44 bits per heavy atom. The fraction of sp³-hybridized carbons (Fsp3) is 0.125. The van der Waals surface area contributed by atoms with Crippen LogP contribution in [-0.2, 0) is 0 Å². The molecule has 0 unspecified atom stereocenters. The highest BCUT2D eigenvalue weighted by molar-refractivity contribution is 5.97. The van der Waals surface area contributed by atoms with E-state index in [0.717, 1.165) is 28.1 Å². The lowest BCUT2D eigenvalue weighted by molar-refractivity contribution is 0.562. The van der Waals surface area contributed by atoms with Crippen molar-refractivity contribution in [3.05, 3.63) is 65.7 Å². The maximum absolute atomic E-state index is 12.8. The van der Waals surface area contributed by atoms with Gasteiger partial charge < -0.3 is 4.90 Å². The first-order chi connectivity index (χ1) is 8.83. The van der Waals surface area contributed by atoms with Crippen LogP contribution in [0.4, 0.5) is 15.8 Å². The van der Waals surface area contributed by atoms with Gasteiger partial charge in [-0.15, -0.1) is 0 Å². The smallest absolute Gasteiger partial charge is 0.109 e. The predicted octanol–water partition coefficient (Wildman–Crippen LogP) is 4.17. The number of anilines is 2. The van der Waals surface area contributed by atoms with E-state index >= 15 is 0 Å². The second kappa shape index (κ2) is 4.30. The van der Waals surface area contributed by atoms with E-state index in [9.17, 15) is 4.39 Å². The van der Waals surface area contributed by atoms with Crippen LogP contribution in [0.5, 0.6) is 0 Å². The highest BCUT2D eigenvalue weighted by Crippen LogP contribution is 2.43. The molecule has 0 aliphatic carbocycles. The highest BCUT2D eigenvalue weighted by Gasteiger charge is 2.22. The molecule has 0 saturated carbocycles. The summed E-state index contributed by atoms with van der Waals surface area (Å²) in [4.78, 5) is 2.15. The number of para-hydroxylation sites is 2. The van der Waals surface area contributed by atoms with E-state index in [2.05, 4.69) is 17.0 Å². The van der Waals surface area contributed by atoms with Crippen LogP contribution >= 0.6 is 0 Å². The molecule has 2 aromatic carbocycles. The molecule has 3 rings (SSSR count). The molecule has 0 spiro atoms. The van der Waals surface area contributed by atoms with Crippen LogP contribution in [0.15, 0.2) is 54.6 Å². The molecule has 2 aromatic rings. The Kier molecular flexibility index (Phi) is 2.63. The monoisotopic (exact) mass is 239 g/mol. The van der Waals surface area contributed by atoms with Crippen molar-refractivity contribution < 1.29 is 4.39 Å². The van der Waals surface area contributed by atoms with Crippen LogP contribution in [0.1, 0.15) is 11.1 Å². The standard InChI is InChI=1S/C16H14FN/c1-18-15-8-4-2-6-13(15)12(10-11-17)14-7-3-5-9-16(14)18/h2-10H,11H2,1H3. The summed E-state index contributed by atoms with van der Waals surface area (Å²) in [5.74, 6) is 0. The van der Waals surface area contributed by atoms with Gasteiger partial charge in [-0.05, 0) is 23.8 Å². The van der Waals surface area contributed by atoms with Gasteiger partial charge in [-0.1, -0.05) is 36.4 Å². The Morgan fingerprint density at radius 1 is 0.944 bits per heavy atom. The molecular formula is C16H14FN. The minimum absolute atomic E-state index is 0.443. The molecule has 1 nitrogen and oxygen atoms in total. The van der Waals surface area contributed by atoms with Crippen molar-refractivity contribution in [3.8, 4) is 0 Å². The zero-order valence-electron chi connectivity index (χ0n) is 10.2. The Morgan fingerprint density at radius 3 is 1.94 bits per heavy atom. The van der Waals surface area contributed by atoms with E-state index < -0.39 is 6.67 Å². The zero-order valence-corrected chi connectivity index (χ0v) is 10.2. The van der Waals surface area contributed by atoms with Crippen LogP contribution in [0.2, 0.25) is 0 Å². The number of alkyl halides is 1. The summed E-state index contributed by atoms with van der Waals surface area (Å²) in [6.07, 6.45) is 1.66. The van der Waals surface area contributed by atoms with Crippen LogP contribution in [0.25, 0.3) is 5.57 Å². The molecule has 0 fully saturated rings. The number of benzene rings is 2. The van der Waals surface area contributed by atoms with Gasteiger partial charge in [0.2, 0.25) is 0 Å². The number of fused-ring (bicyclic) bond motifs is 2. The molecule has 1 aliphatic heterocycles. The number of rotatable bonds is 1. The second-order valence-electron chi connectivity index (χ2n) is 4.37. The number of nitrogens with zero attached hydrogens (tertiary/aromatic N) is 1. The normalized spacial score (nSPS) is 13.0. The molecule has 0 radical (unpaired) electrons. The summed E-state index contributed by atoms with van der Waals surface area (Å²) in [5.41, 5.74) is 5.42. The minimum atomic E-state index is -0.443. The topological polar surface area (TPSA) is 3.24 Å². The first kappa shape index (κ1) is 11.0. The Bertz CT molecular complexity index is 566. The third kappa shape index (κ3) is 1.53. The van der Waals surface area contributed by atoms with Gasteiger partial charge in [-0.2, -0.15) is 0 Å². The van der Waals surface area contributed by atoms with E-state index in [1.54, 1.807) is 6.08 Å². The molecule has 90 valence electrons. The summed E-state index contributed by atoms with van der Waals surface area (Å²) in [5, 5.41) is 0. The molecule has 1 heterocycles. The highest BCUT2D eigenvalue weighted by atomic mass is 19.1. The molecule has 0 saturated heterocycles. The molecule has 0 amide bonds. The SMILES string of the molecule is CN1c2ccccc2C(=CCF)c2ccccc21. The molecule has 0 aromatic heterocycles. The summed E-state index contributed by atoms with van der Waals surface area (Å²) in [6.45, 7) is -0.443. The Hall–Kier alpha value is -2.09. The molecule has 0 N–H and O–H groups in total. The van der Waals surface area contributed by atoms with Crippen molar-refractivity contribution in [2.75, 3.05) is 18.6 Å².